The number of nitrogens with zero attached hydrogens (tertiary/aromatic N) is 4. The van der Waals surface area contributed by atoms with Gasteiger partial charge in [-0.05, 0) is 67.1 Å². The SMILES string of the molecule is Cc1cc(C=C2C(=N)N3N=C(Cc4ccccc4)SC3=NC2=O)c(C)n1-c1cccc(F)c1. The van der Waals surface area contributed by atoms with Gasteiger partial charge in [-0.25, -0.2) is 4.39 Å². The van der Waals surface area contributed by atoms with Crippen molar-refractivity contribution in [3.63, 3.8) is 0 Å². The van der Waals surface area contributed by atoms with Crippen LogP contribution in [0.15, 0.2) is 76.3 Å². The van der Waals surface area contributed by atoms with Gasteiger partial charge in [-0.15, -0.1) is 0 Å². The molecule has 1 amide bonds. The number of nitrogens with one attached hydrogen (secondary N) is 1. The number of hydrogen-bond donors (Lipinski definition) is 1. The molecule has 2 aliphatic heterocycles. The monoisotopic (exact) mass is 457 g/mol. The quantitative estimate of drug-likeness (QED) is 0.554. The van der Waals surface area contributed by atoms with Crippen molar-refractivity contribution >= 4 is 39.8 Å². The standard InChI is InChI=1S/C25H20FN5OS/c1-15-11-18(16(2)30(15)20-10-6-9-19(26)14-20)13-21-23(27)31-25(28-24(21)32)33-22(29-31)12-17-7-4-3-5-8-17/h3-11,13-14,27H,12H2,1-2H3. The molecule has 0 aliphatic carbocycles. The number of carbonyl (C=O) groups is 1. The molecule has 0 unspecified atom stereocenters. The smallest absolute Gasteiger partial charge is 0.283 e. The fraction of sp³-hybridized carbons (Fsp3) is 0.120. The van der Waals surface area contributed by atoms with E-state index in [9.17, 15) is 9.18 Å². The van der Waals surface area contributed by atoms with Crippen molar-refractivity contribution in [1.29, 1.82) is 5.41 Å². The third-order valence-electron chi connectivity index (χ3n) is 5.53. The number of benzene rings is 2. The zero-order chi connectivity index (χ0) is 23.1. The second-order valence-electron chi connectivity index (χ2n) is 7.82. The molecular weight excluding hydrogens is 437 g/mol. The Labute approximate surface area is 194 Å². The second-order valence-corrected chi connectivity index (χ2v) is 8.86. The van der Waals surface area contributed by atoms with Crippen molar-refractivity contribution < 1.29 is 9.18 Å². The molecule has 0 fully saturated rings. The molecule has 2 aliphatic rings. The van der Waals surface area contributed by atoms with Crippen molar-refractivity contribution in [2.24, 2.45) is 10.1 Å². The van der Waals surface area contributed by atoms with Crippen molar-refractivity contribution in [2.45, 2.75) is 20.3 Å². The van der Waals surface area contributed by atoms with Gasteiger partial charge in [0.05, 0.1) is 5.57 Å². The number of thioether (sulfide) groups is 1. The van der Waals surface area contributed by atoms with Gasteiger partial charge < -0.3 is 4.57 Å². The Kier molecular flexibility index (Phi) is 5.30. The number of hydrogen-bond acceptors (Lipinski definition) is 4. The Morgan fingerprint density at radius 3 is 2.64 bits per heavy atom. The second kappa shape index (κ2) is 8.29. The first-order valence-corrected chi connectivity index (χ1v) is 11.2. The van der Waals surface area contributed by atoms with Gasteiger partial charge in [0.1, 0.15) is 10.9 Å². The number of aryl methyl sites for hydroxylation is 1. The molecule has 1 aromatic heterocycles. The third kappa shape index (κ3) is 3.93. The van der Waals surface area contributed by atoms with E-state index in [1.54, 1.807) is 12.1 Å². The molecule has 5 rings (SSSR count). The van der Waals surface area contributed by atoms with Crippen molar-refractivity contribution in [3.05, 3.63) is 94.6 Å². The summed E-state index contributed by atoms with van der Waals surface area (Å²) in [5.41, 5.74) is 4.47. The maximum absolute atomic E-state index is 13.8. The molecular formula is C25H20FN5OS. The highest BCUT2D eigenvalue weighted by Crippen LogP contribution is 2.31. The summed E-state index contributed by atoms with van der Waals surface area (Å²) in [7, 11) is 0. The van der Waals surface area contributed by atoms with E-state index in [-0.39, 0.29) is 17.2 Å². The van der Waals surface area contributed by atoms with Crippen molar-refractivity contribution in [2.75, 3.05) is 0 Å². The van der Waals surface area contributed by atoms with Crippen LogP contribution in [0.25, 0.3) is 11.8 Å². The van der Waals surface area contributed by atoms with E-state index in [1.807, 2.05) is 60.9 Å². The van der Waals surface area contributed by atoms with Crippen LogP contribution in [0.1, 0.15) is 22.5 Å². The molecule has 3 heterocycles. The molecule has 0 atom stereocenters. The first kappa shape index (κ1) is 21.1. The summed E-state index contributed by atoms with van der Waals surface area (Å²) in [5, 5.41) is 15.8. The van der Waals surface area contributed by atoms with Gasteiger partial charge in [0.15, 0.2) is 5.84 Å². The molecule has 0 radical (unpaired) electrons. The third-order valence-corrected chi connectivity index (χ3v) is 6.44. The van der Waals surface area contributed by atoms with E-state index in [1.165, 1.54) is 28.9 Å². The van der Waals surface area contributed by atoms with Gasteiger partial charge in [0.2, 0.25) is 5.17 Å². The fourth-order valence-corrected chi connectivity index (χ4v) is 4.89. The van der Waals surface area contributed by atoms with Crippen molar-refractivity contribution in [3.8, 4) is 5.69 Å². The average Bonchev–Trinajstić information content (AvgIpc) is 3.31. The van der Waals surface area contributed by atoms with Gasteiger partial charge in [0.25, 0.3) is 5.91 Å². The number of halogens is 1. The van der Waals surface area contributed by atoms with Crippen LogP contribution in [0, 0.1) is 25.1 Å². The highest BCUT2D eigenvalue weighted by Gasteiger charge is 2.35. The predicted molar refractivity (Wildman–Crippen MR) is 130 cm³/mol. The molecule has 0 bridgehead atoms. The summed E-state index contributed by atoms with van der Waals surface area (Å²) >= 11 is 1.31. The van der Waals surface area contributed by atoms with Crippen LogP contribution in [-0.2, 0) is 11.2 Å². The molecule has 2 aromatic carbocycles. The van der Waals surface area contributed by atoms with Crippen LogP contribution in [0.5, 0.6) is 0 Å². The molecule has 6 nitrogen and oxygen atoms in total. The van der Waals surface area contributed by atoms with Gasteiger partial charge >= 0.3 is 0 Å². The zero-order valence-corrected chi connectivity index (χ0v) is 18.9. The number of fused-ring (bicyclic) bond motifs is 1. The molecule has 8 heteroatoms. The summed E-state index contributed by atoms with van der Waals surface area (Å²) in [6.07, 6.45) is 2.27. The Bertz CT molecular complexity index is 1390. The lowest BCUT2D eigenvalue weighted by molar-refractivity contribution is -0.114. The maximum atomic E-state index is 13.8. The minimum absolute atomic E-state index is 0.00359. The van der Waals surface area contributed by atoms with E-state index in [4.69, 9.17) is 5.41 Å². The number of carbonyl (C=O) groups excluding carboxylic acids is 1. The summed E-state index contributed by atoms with van der Waals surface area (Å²) in [6, 6.07) is 18.2. The molecule has 0 saturated carbocycles. The van der Waals surface area contributed by atoms with E-state index >= 15 is 0 Å². The van der Waals surface area contributed by atoms with Gasteiger partial charge in [0, 0.05) is 23.5 Å². The number of amides is 1. The molecule has 33 heavy (non-hydrogen) atoms. The number of rotatable bonds is 4. The summed E-state index contributed by atoms with van der Waals surface area (Å²) in [4.78, 5) is 17.0. The van der Waals surface area contributed by atoms with Crippen LogP contribution in [-0.4, -0.2) is 31.5 Å². The van der Waals surface area contributed by atoms with E-state index < -0.39 is 5.91 Å². The molecule has 3 aromatic rings. The zero-order valence-electron chi connectivity index (χ0n) is 18.0. The minimum Gasteiger partial charge on any atom is -0.318 e. The highest BCUT2D eigenvalue weighted by molar-refractivity contribution is 8.26. The van der Waals surface area contributed by atoms with E-state index in [0.717, 1.165) is 27.6 Å². The van der Waals surface area contributed by atoms with E-state index in [0.29, 0.717) is 17.3 Å². The van der Waals surface area contributed by atoms with Crippen LogP contribution in [0.2, 0.25) is 0 Å². The van der Waals surface area contributed by atoms with Crippen LogP contribution in [0.3, 0.4) is 0 Å². The van der Waals surface area contributed by atoms with Crippen LogP contribution < -0.4 is 0 Å². The fourth-order valence-electron chi connectivity index (χ4n) is 3.98. The normalized spacial score (nSPS) is 16.8. The van der Waals surface area contributed by atoms with Gasteiger partial charge in [-0.3, -0.25) is 10.2 Å². The Balaban J connectivity index is 1.47. The van der Waals surface area contributed by atoms with Gasteiger partial charge in [-0.1, -0.05) is 36.4 Å². The summed E-state index contributed by atoms with van der Waals surface area (Å²) < 4.78 is 15.7. The van der Waals surface area contributed by atoms with Crippen molar-refractivity contribution in [1.82, 2.24) is 9.58 Å². The molecule has 0 saturated heterocycles. The molecule has 0 spiro atoms. The lowest BCUT2D eigenvalue weighted by Gasteiger charge is -2.20. The Morgan fingerprint density at radius 1 is 1.09 bits per heavy atom. The number of aromatic nitrogens is 1. The molecule has 1 N–H and O–H groups in total. The number of aliphatic imine (C=N–C) groups is 1. The molecule has 164 valence electrons. The minimum atomic E-state index is -0.467. The largest absolute Gasteiger partial charge is 0.318 e. The lowest BCUT2D eigenvalue weighted by Crippen LogP contribution is -2.35. The lowest BCUT2D eigenvalue weighted by atomic mass is 10.1. The number of amidine groups is 2. The summed E-state index contributed by atoms with van der Waals surface area (Å²) in [5.74, 6) is -0.789. The summed E-state index contributed by atoms with van der Waals surface area (Å²) in [6.45, 7) is 3.82. The Morgan fingerprint density at radius 2 is 1.88 bits per heavy atom. The van der Waals surface area contributed by atoms with Gasteiger partial charge in [-0.2, -0.15) is 15.1 Å². The topological polar surface area (TPSA) is 73.8 Å². The highest BCUT2D eigenvalue weighted by atomic mass is 32.2. The first-order valence-electron chi connectivity index (χ1n) is 10.4. The van der Waals surface area contributed by atoms with Crippen LogP contribution >= 0.6 is 11.8 Å². The maximum Gasteiger partial charge on any atom is 0.283 e. The first-order chi connectivity index (χ1) is 15.9. The van der Waals surface area contributed by atoms with E-state index in [2.05, 4.69) is 10.1 Å². The van der Waals surface area contributed by atoms with Crippen LogP contribution in [0.4, 0.5) is 4.39 Å². The average molecular weight is 458 g/mol. The number of hydrazone groups is 1. The Hall–Kier alpha value is -3.78. The predicted octanol–water partition coefficient (Wildman–Crippen LogP) is 5.10.